The van der Waals surface area contributed by atoms with E-state index in [1.165, 1.54) is 12.1 Å². The fourth-order valence-electron chi connectivity index (χ4n) is 2.01. The SMILES string of the molecule is CC(C)(C(=O)NCc1ccncc1)C(=O)NCc1ccc(F)cc1. The standard InChI is InChI=1S/C18H20FN3O2/c1-18(2,17(24)22-12-14-7-9-20-10-8-14)16(23)21-11-13-3-5-15(19)6-4-13/h3-10H,11-12H2,1-2H3,(H,21,23)(H,22,24). The van der Waals surface area contributed by atoms with Gasteiger partial charge in [0.1, 0.15) is 11.2 Å². The number of pyridine rings is 1. The minimum absolute atomic E-state index is 0.236. The lowest BCUT2D eigenvalue weighted by Gasteiger charge is -2.22. The van der Waals surface area contributed by atoms with E-state index >= 15 is 0 Å². The molecule has 0 aliphatic carbocycles. The third-order valence-electron chi connectivity index (χ3n) is 3.70. The summed E-state index contributed by atoms with van der Waals surface area (Å²) in [5.74, 6) is -1.09. The number of rotatable bonds is 6. The maximum atomic E-state index is 12.9. The van der Waals surface area contributed by atoms with Gasteiger partial charge in [-0.05, 0) is 49.2 Å². The summed E-state index contributed by atoms with van der Waals surface area (Å²) < 4.78 is 12.9. The molecule has 0 aliphatic heterocycles. The number of nitrogens with one attached hydrogen (secondary N) is 2. The van der Waals surface area contributed by atoms with Gasteiger partial charge in [-0.1, -0.05) is 12.1 Å². The lowest BCUT2D eigenvalue weighted by Crippen LogP contribution is -2.47. The van der Waals surface area contributed by atoms with Gasteiger partial charge in [0.25, 0.3) is 0 Å². The first kappa shape index (κ1) is 17.6. The van der Waals surface area contributed by atoms with Crippen molar-refractivity contribution < 1.29 is 14.0 Å². The smallest absolute Gasteiger partial charge is 0.235 e. The zero-order valence-corrected chi connectivity index (χ0v) is 13.7. The molecule has 0 unspecified atom stereocenters. The molecule has 0 atom stereocenters. The fraction of sp³-hybridized carbons (Fsp3) is 0.278. The summed E-state index contributed by atoms with van der Waals surface area (Å²) in [4.78, 5) is 28.5. The zero-order chi connectivity index (χ0) is 17.6. The van der Waals surface area contributed by atoms with Crippen molar-refractivity contribution in [3.63, 3.8) is 0 Å². The molecule has 0 spiro atoms. The minimum atomic E-state index is -1.22. The third-order valence-corrected chi connectivity index (χ3v) is 3.70. The number of nitrogens with zero attached hydrogens (tertiary/aromatic N) is 1. The van der Waals surface area contributed by atoms with Gasteiger partial charge in [-0.2, -0.15) is 0 Å². The Balaban J connectivity index is 1.88. The third kappa shape index (κ3) is 4.62. The maximum Gasteiger partial charge on any atom is 0.235 e. The summed E-state index contributed by atoms with van der Waals surface area (Å²) in [7, 11) is 0. The molecule has 126 valence electrons. The Kier molecular flexibility index (Phi) is 5.63. The second-order valence-electron chi connectivity index (χ2n) is 5.97. The molecule has 2 rings (SSSR count). The summed E-state index contributed by atoms with van der Waals surface area (Å²) in [5, 5.41) is 5.45. The first-order valence-corrected chi connectivity index (χ1v) is 7.59. The Morgan fingerprint density at radius 2 is 1.38 bits per heavy atom. The lowest BCUT2D eigenvalue weighted by molar-refractivity contribution is -0.141. The van der Waals surface area contributed by atoms with Gasteiger partial charge >= 0.3 is 0 Å². The van der Waals surface area contributed by atoms with E-state index in [-0.39, 0.29) is 24.2 Å². The molecule has 0 saturated carbocycles. The number of benzene rings is 1. The lowest BCUT2D eigenvalue weighted by atomic mass is 9.91. The van der Waals surface area contributed by atoms with Crippen molar-refractivity contribution in [2.24, 2.45) is 5.41 Å². The fourth-order valence-corrected chi connectivity index (χ4v) is 2.01. The second-order valence-corrected chi connectivity index (χ2v) is 5.97. The van der Waals surface area contributed by atoms with Crippen LogP contribution >= 0.6 is 0 Å². The van der Waals surface area contributed by atoms with Gasteiger partial charge in [0.05, 0.1) is 0 Å². The van der Waals surface area contributed by atoms with Crippen LogP contribution in [0.3, 0.4) is 0 Å². The van der Waals surface area contributed by atoms with Crippen molar-refractivity contribution in [3.05, 3.63) is 65.7 Å². The highest BCUT2D eigenvalue weighted by atomic mass is 19.1. The van der Waals surface area contributed by atoms with Crippen LogP contribution in [0.15, 0.2) is 48.8 Å². The molecule has 2 N–H and O–H groups in total. The molecule has 6 heteroatoms. The number of carbonyl (C=O) groups excluding carboxylic acids is 2. The average molecular weight is 329 g/mol. The first-order valence-electron chi connectivity index (χ1n) is 7.59. The molecule has 1 aromatic heterocycles. The Labute approximate surface area is 140 Å². The number of hydrogen-bond donors (Lipinski definition) is 2. The van der Waals surface area contributed by atoms with Crippen molar-refractivity contribution in [2.45, 2.75) is 26.9 Å². The highest BCUT2D eigenvalue weighted by molar-refractivity contribution is 6.04. The topological polar surface area (TPSA) is 71.1 Å². The van der Waals surface area contributed by atoms with Crippen molar-refractivity contribution in [1.82, 2.24) is 15.6 Å². The van der Waals surface area contributed by atoms with Crippen LogP contribution in [0.5, 0.6) is 0 Å². The molecule has 0 radical (unpaired) electrons. The van der Waals surface area contributed by atoms with Crippen LogP contribution in [0.2, 0.25) is 0 Å². The van der Waals surface area contributed by atoms with Gasteiger partial charge in [-0.15, -0.1) is 0 Å². The molecule has 0 bridgehead atoms. The van der Waals surface area contributed by atoms with E-state index in [4.69, 9.17) is 0 Å². The Morgan fingerprint density at radius 3 is 1.88 bits per heavy atom. The van der Waals surface area contributed by atoms with E-state index in [1.54, 1.807) is 50.5 Å². The molecule has 0 fully saturated rings. The number of carbonyl (C=O) groups is 2. The van der Waals surface area contributed by atoms with Crippen LogP contribution in [0.1, 0.15) is 25.0 Å². The van der Waals surface area contributed by atoms with Crippen LogP contribution in [0.25, 0.3) is 0 Å². The van der Waals surface area contributed by atoms with E-state index in [2.05, 4.69) is 15.6 Å². The molecule has 5 nitrogen and oxygen atoms in total. The monoisotopic (exact) mass is 329 g/mol. The van der Waals surface area contributed by atoms with Crippen LogP contribution in [0, 0.1) is 11.2 Å². The molecule has 0 aliphatic rings. The summed E-state index contributed by atoms with van der Waals surface area (Å²) in [5.41, 5.74) is 0.450. The predicted octanol–water partition coefficient (Wildman–Crippen LogP) is 2.18. The normalized spacial score (nSPS) is 11.0. The van der Waals surface area contributed by atoms with E-state index in [1.807, 2.05) is 0 Å². The Hall–Kier alpha value is -2.76. The van der Waals surface area contributed by atoms with E-state index in [0.717, 1.165) is 11.1 Å². The molecule has 2 aromatic rings. The van der Waals surface area contributed by atoms with Crippen LogP contribution in [-0.4, -0.2) is 16.8 Å². The van der Waals surface area contributed by atoms with Crippen molar-refractivity contribution in [2.75, 3.05) is 0 Å². The molecule has 1 aromatic carbocycles. The number of halogens is 1. The highest BCUT2D eigenvalue weighted by Gasteiger charge is 2.35. The van der Waals surface area contributed by atoms with Gasteiger partial charge < -0.3 is 10.6 Å². The molecule has 24 heavy (non-hydrogen) atoms. The molecule has 0 saturated heterocycles. The molecule has 2 amide bonds. The van der Waals surface area contributed by atoms with Crippen molar-refractivity contribution >= 4 is 11.8 Å². The van der Waals surface area contributed by atoms with Crippen molar-refractivity contribution in [1.29, 1.82) is 0 Å². The number of amides is 2. The van der Waals surface area contributed by atoms with Crippen LogP contribution in [0.4, 0.5) is 4.39 Å². The minimum Gasteiger partial charge on any atom is -0.351 e. The molecular weight excluding hydrogens is 309 g/mol. The van der Waals surface area contributed by atoms with Crippen molar-refractivity contribution in [3.8, 4) is 0 Å². The number of hydrogen-bond acceptors (Lipinski definition) is 3. The number of aromatic nitrogens is 1. The first-order chi connectivity index (χ1) is 11.4. The average Bonchev–Trinajstić information content (AvgIpc) is 2.59. The predicted molar refractivity (Wildman–Crippen MR) is 88.1 cm³/mol. The van der Waals surface area contributed by atoms with Crippen LogP contribution < -0.4 is 10.6 Å². The van der Waals surface area contributed by atoms with Gasteiger partial charge in [0.2, 0.25) is 11.8 Å². The Morgan fingerprint density at radius 1 is 0.917 bits per heavy atom. The summed E-state index contributed by atoms with van der Waals surface area (Å²) in [6.07, 6.45) is 3.28. The quantitative estimate of drug-likeness (QED) is 0.798. The van der Waals surface area contributed by atoms with Crippen LogP contribution in [-0.2, 0) is 22.7 Å². The van der Waals surface area contributed by atoms with E-state index in [0.29, 0.717) is 6.54 Å². The highest BCUT2D eigenvalue weighted by Crippen LogP contribution is 2.16. The summed E-state index contributed by atoms with van der Waals surface area (Å²) >= 11 is 0. The summed E-state index contributed by atoms with van der Waals surface area (Å²) in [6.45, 7) is 3.69. The van der Waals surface area contributed by atoms with Gasteiger partial charge in [-0.3, -0.25) is 14.6 Å². The summed E-state index contributed by atoms with van der Waals surface area (Å²) in [6, 6.07) is 9.42. The second kappa shape index (κ2) is 7.68. The van der Waals surface area contributed by atoms with Gasteiger partial charge in [-0.25, -0.2) is 4.39 Å². The van der Waals surface area contributed by atoms with E-state index in [9.17, 15) is 14.0 Å². The largest absolute Gasteiger partial charge is 0.351 e. The van der Waals surface area contributed by atoms with E-state index < -0.39 is 5.41 Å². The maximum absolute atomic E-state index is 12.9. The van der Waals surface area contributed by atoms with Gasteiger partial charge in [0, 0.05) is 25.5 Å². The molecule has 1 heterocycles. The molecular formula is C18H20FN3O2. The van der Waals surface area contributed by atoms with Gasteiger partial charge in [0.15, 0.2) is 0 Å². The zero-order valence-electron chi connectivity index (χ0n) is 13.7. The Bertz CT molecular complexity index is 700.